The van der Waals surface area contributed by atoms with Crippen LogP contribution in [0.1, 0.15) is 20.8 Å². The minimum absolute atomic E-state index is 0.0107. The monoisotopic (exact) mass is 488 g/mol. The Hall–Kier alpha value is -1.45. The number of aliphatic hydroxyl groups is 1. The Morgan fingerprint density at radius 1 is 1.31 bits per heavy atom. The van der Waals surface area contributed by atoms with Gasteiger partial charge in [0, 0.05) is 0 Å². The van der Waals surface area contributed by atoms with Crippen LogP contribution in [0.25, 0.3) is 0 Å². The summed E-state index contributed by atoms with van der Waals surface area (Å²) in [5.74, 6) is -0.0780. The molecule has 1 saturated heterocycles. The van der Waals surface area contributed by atoms with Crippen LogP contribution in [0.4, 0.5) is 10.5 Å². The molecule has 1 aliphatic heterocycles. The summed E-state index contributed by atoms with van der Waals surface area (Å²) in [6.07, 6.45) is -2.38. The maximum atomic E-state index is 11.7. The van der Waals surface area contributed by atoms with Crippen molar-refractivity contribution in [3.8, 4) is 0 Å². The van der Waals surface area contributed by atoms with E-state index in [0.717, 1.165) is 9.78 Å². The molecule has 10 heteroatoms. The van der Waals surface area contributed by atoms with Gasteiger partial charge in [-0.05, 0) is 0 Å². The molecule has 1 aliphatic carbocycles. The van der Waals surface area contributed by atoms with Gasteiger partial charge in [0.2, 0.25) is 0 Å². The van der Waals surface area contributed by atoms with Gasteiger partial charge in [0.25, 0.3) is 0 Å². The minimum atomic E-state index is -2.14. The van der Waals surface area contributed by atoms with Gasteiger partial charge in [-0.1, -0.05) is 0 Å². The zero-order valence-electron chi connectivity index (χ0n) is 17.2. The van der Waals surface area contributed by atoms with Crippen molar-refractivity contribution in [2.24, 2.45) is 5.92 Å². The molecule has 160 valence electrons. The molecule has 0 bridgehead atoms. The first kappa shape index (κ1) is 22.2. The van der Waals surface area contributed by atoms with E-state index in [1.807, 2.05) is 0 Å². The molecule has 1 heterocycles. The third-order valence-electron chi connectivity index (χ3n) is 6.16. The summed E-state index contributed by atoms with van der Waals surface area (Å²) >= 11 is 0.0107. The number of aliphatic hydroxyl groups excluding tert-OH is 1. The Labute approximate surface area is 177 Å². The Bertz CT molecular complexity index is 782. The number of nitrogens with one attached hydrogen (secondary N) is 1. The molecule has 0 spiro atoms. The summed E-state index contributed by atoms with van der Waals surface area (Å²) in [5.41, 5.74) is 0.0662. The predicted molar refractivity (Wildman–Crippen MR) is 112 cm³/mol. The van der Waals surface area contributed by atoms with E-state index in [1.54, 1.807) is 12.1 Å². The number of ether oxygens (including phenoxy) is 1. The number of carbonyl (C=O) groups excluding carboxylic acids is 1. The topological polar surface area (TPSA) is 111 Å². The Kier molecular flexibility index (Phi) is 6.13. The van der Waals surface area contributed by atoms with Crippen LogP contribution in [0.3, 0.4) is 0 Å². The van der Waals surface area contributed by atoms with Crippen molar-refractivity contribution in [1.82, 2.24) is 5.32 Å². The number of nitro benzene ring substituents is 1. The van der Waals surface area contributed by atoms with E-state index in [4.69, 9.17) is 9.16 Å². The first-order valence-electron chi connectivity index (χ1n) is 9.61. The molecule has 0 unspecified atom stereocenters. The average molecular weight is 487 g/mol. The number of hydrogen-bond acceptors (Lipinski definition) is 6. The van der Waals surface area contributed by atoms with Crippen LogP contribution in [-0.2, 0) is 9.16 Å². The Morgan fingerprint density at radius 3 is 2.48 bits per heavy atom. The van der Waals surface area contributed by atoms with E-state index in [0.29, 0.717) is 0 Å². The Balaban J connectivity index is 1.78. The van der Waals surface area contributed by atoms with Gasteiger partial charge in [-0.25, -0.2) is 0 Å². The fourth-order valence-corrected chi connectivity index (χ4v) is 7.13. The molecular formula is C19H28N2O6SeSi. The molecule has 0 radical (unpaired) electrons. The number of non-ortho nitro benzene ring substituents is 1. The van der Waals surface area contributed by atoms with Crippen molar-refractivity contribution in [1.29, 1.82) is 0 Å². The van der Waals surface area contributed by atoms with E-state index in [1.165, 1.54) is 12.1 Å². The fourth-order valence-electron chi connectivity index (χ4n) is 3.46. The summed E-state index contributed by atoms with van der Waals surface area (Å²) in [7, 11) is -2.14. The molecule has 1 saturated carbocycles. The van der Waals surface area contributed by atoms with Crippen LogP contribution in [0.15, 0.2) is 24.3 Å². The van der Waals surface area contributed by atoms with E-state index < -0.39 is 37.6 Å². The standard InChI is InChI=1S/C19H28N2O6SeSi/c1-19(2,3)29(4,5)27-16-13(14-17(15(16)22)26-18(23)20-14)10-28-12-8-6-11(7-9-12)21(24)25/h6-9,13-17,22H,10H2,1-5H3,(H,20,23)/t13-,14+,15+,16-,17+/m1/s1. The number of nitrogens with zero attached hydrogens (tertiary/aromatic N) is 1. The van der Waals surface area contributed by atoms with Gasteiger partial charge in [-0.2, -0.15) is 0 Å². The molecule has 5 atom stereocenters. The van der Waals surface area contributed by atoms with Crippen LogP contribution < -0.4 is 9.78 Å². The van der Waals surface area contributed by atoms with Crippen molar-refractivity contribution >= 4 is 39.5 Å². The number of carbonyl (C=O) groups is 1. The number of fused-ring (bicyclic) bond motifs is 1. The van der Waals surface area contributed by atoms with Crippen LogP contribution in [-0.4, -0.2) is 63.8 Å². The van der Waals surface area contributed by atoms with E-state index in [-0.39, 0.29) is 37.6 Å². The second kappa shape index (κ2) is 8.00. The molecule has 29 heavy (non-hydrogen) atoms. The number of amides is 1. The number of benzene rings is 1. The summed E-state index contributed by atoms with van der Waals surface area (Å²) in [6, 6.07) is 6.27. The zero-order chi connectivity index (χ0) is 21.6. The molecule has 8 nitrogen and oxygen atoms in total. The molecule has 2 aliphatic rings. The van der Waals surface area contributed by atoms with Crippen molar-refractivity contribution in [2.45, 2.75) is 68.6 Å². The Morgan fingerprint density at radius 2 is 1.93 bits per heavy atom. The van der Waals surface area contributed by atoms with E-state index in [2.05, 4.69) is 39.2 Å². The van der Waals surface area contributed by atoms with Crippen LogP contribution in [0.2, 0.25) is 23.5 Å². The summed E-state index contributed by atoms with van der Waals surface area (Å²) in [4.78, 5) is 22.2. The van der Waals surface area contributed by atoms with Crippen molar-refractivity contribution in [3.05, 3.63) is 34.4 Å². The summed E-state index contributed by atoms with van der Waals surface area (Å²) < 4.78 is 12.9. The SMILES string of the molecule is CC(C)(C)[Si](C)(C)O[C@H]1[C@H](O)[C@H]2OC(=O)N[C@H]2[C@H]1C[Se]c1ccc([N+](=O)[O-])cc1. The average Bonchev–Trinajstić information content (AvgIpc) is 3.10. The van der Waals surface area contributed by atoms with Gasteiger partial charge in [-0.3, -0.25) is 0 Å². The van der Waals surface area contributed by atoms with Gasteiger partial charge in [-0.15, -0.1) is 0 Å². The second-order valence-corrected chi connectivity index (χ2v) is 16.1. The fraction of sp³-hybridized carbons (Fsp3) is 0.632. The molecule has 3 rings (SSSR count). The molecular weight excluding hydrogens is 459 g/mol. The summed E-state index contributed by atoms with van der Waals surface area (Å²) in [6.45, 7) is 10.7. The third-order valence-corrected chi connectivity index (χ3v) is 13.1. The van der Waals surface area contributed by atoms with Crippen molar-refractivity contribution in [3.63, 3.8) is 0 Å². The van der Waals surface area contributed by atoms with Crippen molar-refractivity contribution in [2.75, 3.05) is 0 Å². The molecule has 2 fully saturated rings. The van der Waals surface area contributed by atoms with Crippen LogP contribution in [0.5, 0.6) is 0 Å². The van der Waals surface area contributed by atoms with Crippen molar-refractivity contribution < 1.29 is 24.0 Å². The molecule has 0 aromatic heterocycles. The first-order valence-corrected chi connectivity index (χ1v) is 14.6. The number of rotatable bonds is 6. The summed E-state index contributed by atoms with van der Waals surface area (Å²) in [5, 5.41) is 25.3. The normalized spacial score (nSPS) is 29.3. The third kappa shape index (κ3) is 4.51. The second-order valence-electron chi connectivity index (χ2n) is 9.10. The van der Waals surface area contributed by atoms with Crippen LogP contribution in [0, 0.1) is 16.0 Å². The van der Waals surface area contributed by atoms with Gasteiger partial charge in [0.1, 0.15) is 0 Å². The van der Waals surface area contributed by atoms with Gasteiger partial charge >= 0.3 is 178 Å². The molecule has 1 amide bonds. The number of alkyl carbamates (subject to hydrolysis) is 1. The molecule has 1 aromatic carbocycles. The predicted octanol–water partition coefficient (Wildman–Crippen LogP) is 2.20. The number of hydrogen-bond donors (Lipinski definition) is 2. The number of nitro groups is 1. The first-order chi connectivity index (χ1) is 13.4. The van der Waals surface area contributed by atoms with Gasteiger partial charge in [0.15, 0.2) is 0 Å². The van der Waals surface area contributed by atoms with E-state index in [9.17, 15) is 20.0 Å². The van der Waals surface area contributed by atoms with Crippen LogP contribution >= 0.6 is 0 Å². The van der Waals surface area contributed by atoms with Gasteiger partial charge < -0.3 is 0 Å². The molecule has 1 aromatic rings. The quantitative estimate of drug-likeness (QED) is 0.362. The molecule has 2 N–H and O–H groups in total. The van der Waals surface area contributed by atoms with Gasteiger partial charge in [0.05, 0.1) is 0 Å². The zero-order valence-corrected chi connectivity index (χ0v) is 20.0. The van der Waals surface area contributed by atoms with E-state index >= 15 is 0 Å². The maximum absolute atomic E-state index is 11.7.